The van der Waals surface area contributed by atoms with Crippen LogP contribution in [-0.4, -0.2) is 21.9 Å². The van der Waals surface area contributed by atoms with Crippen LogP contribution in [0, 0.1) is 5.41 Å². The van der Waals surface area contributed by atoms with Crippen molar-refractivity contribution >= 4 is 11.7 Å². The van der Waals surface area contributed by atoms with E-state index in [1.165, 1.54) is 12.1 Å². The molecule has 3 N–H and O–H groups in total. The number of benzene rings is 3. The molecule has 0 spiro atoms. The van der Waals surface area contributed by atoms with E-state index in [2.05, 4.69) is 6.58 Å². The van der Waals surface area contributed by atoms with Gasteiger partial charge in [-0.15, -0.1) is 0 Å². The Hall–Kier alpha value is -4.07. The zero-order valence-electron chi connectivity index (χ0n) is 19.0. The van der Waals surface area contributed by atoms with Crippen LogP contribution >= 0.6 is 0 Å². The largest absolute Gasteiger partial charge is 0.516 e. The maximum absolute atomic E-state index is 12.8. The van der Waals surface area contributed by atoms with Crippen LogP contribution in [0.25, 0.3) is 11.1 Å². The monoisotopic (exact) mass is 485 g/mol. The summed E-state index contributed by atoms with van der Waals surface area (Å²) in [6.45, 7) is 4.76. The summed E-state index contributed by atoms with van der Waals surface area (Å²) in [5.74, 6) is -0.859. The summed E-state index contributed by atoms with van der Waals surface area (Å²) in [7, 11) is 0. The van der Waals surface area contributed by atoms with Gasteiger partial charge in [0, 0.05) is 11.6 Å². The van der Waals surface area contributed by atoms with Gasteiger partial charge >= 0.3 is 12.1 Å². The Bertz CT molecular complexity index is 1140. The second-order valence-corrected chi connectivity index (χ2v) is 7.65. The predicted molar refractivity (Wildman–Crippen MR) is 129 cm³/mol. The van der Waals surface area contributed by atoms with E-state index in [1.807, 2.05) is 24.3 Å². The van der Waals surface area contributed by atoms with Crippen molar-refractivity contribution in [2.45, 2.75) is 32.0 Å². The quantitative estimate of drug-likeness (QED) is 0.232. The van der Waals surface area contributed by atoms with Crippen molar-refractivity contribution in [2.24, 2.45) is 0 Å². The van der Waals surface area contributed by atoms with E-state index in [4.69, 9.17) is 20.4 Å². The van der Waals surface area contributed by atoms with Crippen LogP contribution in [-0.2, 0) is 17.6 Å². The number of rotatable bonds is 8. The van der Waals surface area contributed by atoms with Crippen LogP contribution in [0.5, 0.6) is 5.75 Å². The van der Waals surface area contributed by atoms with Crippen molar-refractivity contribution in [2.75, 3.05) is 0 Å². The Morgan fingerprint density at radius 2 is 1.66 bits per heavy atom. The SMILES string of the molecule is C=CO.CC(=N)C(CC(=O)O)c1ccc(OCc2cccc(-c3ccc(C(F)(F)F)cc3)c2)cc1. The van der Waals surface area contributed by atoms with Gasteiger partial charge < -0.3 is 20.4 Å². The Labute approximate surface area is 201 Å². The number of carboxylic acid groups (broad SMARTS) is 1. The third kappa shape index (κ3) is 8.33. The van der Waals surface area contributed by atoms with Gasteiger partial charge in [-0.2, -0.15) is 13.2 Å². The fourth-order valence-electron chi connectivity index (χ4n) is 3.35. The molecule has 3 aromatic rings. The summed E-state index contributed by atoms with van der Waals surface area (Å²) in [5.41, 5.74) is 2.64. The van der Waals surface area contributed by atoms with E-state index < -0.39 is 23.6 Å². The fourth-order valence-corrected chi connectivity index (χ4v) is 3.35. The molecule has 0 aromatic heterocycles. The van der Waals surface area contributed by atoms with Crippen molar-refractivity contribution in [3.63, 3.8) is 0 Å². The smallest absolute Gasteiger partial charge is 0.416 e. The number of aliphatic hydroxyl groups excluding tert-OH is 1. The van der Waals surface area contributed by atoms with Gasteiger partial charge in [0.1, 0.15) is 12.4 Å². The number of carbonyl (C=O) groups is 1. The van der Waals surface area contributed by atoms with Crippen LogP contribution in [0.2, 0.25) is 0 Å². The molecular weight excluding hydrogens is 459 g/mol. The molecule has 0 aliphatic rings. The summed E-state index contributed by atoms with van der Waals surface area (Å²) in [4.78, 5) is 11.0. The molecule has 0 aliphatic carbocycles. The van der Waals surface area contributed by atoms with Crippen molar-refractivity contribution in [3.05, 3.63) is 102 Å². The lowest BCUT2D eigenvalue weighted by Gasteiger charge is -2.15. The number of hydrogen-bond donors (Lipinski definition) is 3. The molecule has 3 aromatic carbocycles. The van der Waals surface area contributed by atoms with Crippen molar-refractivity contribution < 1.29 is 32.9 Å². The summed E-state index contributed by atoms with van der Waals surface area (Å²) in [5, 5.41) is 24.2. The van der Waals surface area contributed by atoms with Crippen LogP contribution in [0.15, 0.2) is 85.6 Å². The average Bonchev–Trinajstić information content (AvgIpc) is 2.82. The molecule has 1 atom stereocenters. The highest BCUT2D eigenvalue weighted by atomic mass is 19.4. The molecule has 5 nitrogen and oxygen atoms in total. The first-order chi connectivity index (χ1) is 16.5. The molecule has 0 amide bonds. The van der Waals surface area contributed by atoms with Gasteiger partial charge in [0.2, 0.25) is 0 Å². The highest BCUT2D eigenvalue weighted by molar-refractivity contribution is 5.89. The highest BCUT2D eigenvalue weighted by Gasteiger charge is 2.29. The number of aliphatic hydroxyl groups is 1. The molecule has 35 heavy (non-hydrogen) atoms. The summed E-state index contributed by atoms with van der Waals surface area (Å²) in [6.07, 6.45) is -3.76. The molecule has 8 heteroatoms. The fraction of sp³-hybridized carbons (Fsp3) is 0.185. The van der Waals surface area contributed by atoms with Gasteiger partial charge in [-0.05, 0) is 59.5 Å². The molecule has 3 rings (SSSR count). The Morgan fingerprint density at radius 3 is 2.17 bits per heavy atom. The van der Waals surface area contributed by atoms with Crippen molar-refractivity contribution in [1.29, 1.82) is 5.41 Å². The van der Waals surface area contributed by atoms with Crippen LogP contribution in [0.3, 0.4) is 0 Å². The molecule has 1 unspecified atom stereocenters. The van der Waals surface area contributed by atoms with Crippen molar-refractivity contribution in [3.8, 4) is 16.9 Å². The number of nitrogens with one attached hydrogen (secondary N) is 1. The maximum Gasteiger partial charge on any atom is 0.416 e. The topological polar surface area (TPSA) is 90.6 Å². The molecule has 0 radical (unpaired) electrons. The lowest BCUT2D eigenvalue weighted by atomic mass is 9.92. The normalized spacial score (nSPS) is 11.5. The van der Waals surface area contributed by atoms with Crippen molar-refractivity contribution in [1.82, 2.24) is 0 Å². The minimum Gasteiger partial charge on any atom is -0.516 e. The number of carboxylic acids is 1. The first-order valence-corrected chi connectivity index (χ1v) is 10.6. The summed E-state index contributed by atoms with van der Waals surface area (Å²) in [6, 6.07) is 19.3. The predicted octanol–water partition coefficient (Wildman–Crippen LogP) is 7.24. The third-order valence-corrected chi connectivity index (χ3v) is 5.06. The van der Waals surface area contributed by atoms with Gasteiger partial charge in [0.25, 0.3) is 0 Å². The molecule has 0 saturated carbocycles. The van der Waals surface area contributed by atoms with Gasteiger partial charge in [0.05, 0.1) is 18.2 Å². The minimum absolute atomic E-state index is 0.147. The number of hydrogen-bond acceptors (Lipinski definition) is 4. The number of alkyl halides is 3. The number of halogens is 3. The lowest BCUT2D eigenvalue weighted by molar-refractivity contribution is -0.138. The van der Waals surface area contributed by atoms with E-state index in [1.54, 1.807) is 31.2 Å². The third-order valence-electron chi connectivity index (χ3n) is 5.06. The second kappa shape index (κ2) is 12.4. The summed E-state index contributed by atoms with van der Waals surface area (Å²) >= 11 is 0. The molecule has 0 heterocycles. The first kappa shape index (κ1) is 27.2. The van der Waals surface area contributed by atoms with Crippen LogP contribution < -0.4 is 4.74 Å². The molecule has 0 aliphatic heterocycles. The zero-order valence-corrected chi connectivity index (χ0v) is 19.0. The standard InChI is InChI=1S/C25H22F3NO3.C2H4O/c1-16(29)23(14-24(30)31)19-7-11-22(12-8-19)32-15-17-3-2-4-20(13-17)18-5-9-21(10-6-18)25(26,27)28;1-2-3/h2-13,23,29H,14-15H2,1H3,(H,30,31);2-3H,1H2. The van der Waals surface area contributed by atoms with E-state index in [-0.39, 0.29) is 18.7 Å². The first-order valence-electron chi connectivity index (χ1n) is 10.6. The Morgan fingerprint density at radius 1 is 1.06 bits per heavy atom. The van der Waals surface area contributed by atoms with E-state index >= 15 is 0 Å². The van der Waals surface area contributed by atoms with Gasteiger partial charge in [-0.3, -0.25) is 4.79 Å². The number of aliphatic carboxylic acids is 1. The van der Waals surface area contributed by atoms with E-state index in [0.717, 1.165) is 35.1 Å². The highest BCUT2D eigenvalue weighted by Crippen LogP contribution is 2.31. The van der Waals surface area contributed by atoms with Gasteiger partial charge in [-0.1, -0.05) is 49.0 Å². The Balaban J connectivity index is 0.00000137. The molecule has 0 bridgehead atoms. The second-order valence-electron chi connectivity index (χ2n) is 7.65. The van der Waals surface area contributed by atoms with Crippen LogP contribution in [0.1, 0.15) is 36.0 Å². The van der Waals surface area contributed by atoms with Gasteiger partial charge in [-0.25, -0.2) is 0 Å². The van der Waals surface area contributed by atoms with E-state index in [9.17, 15) is 18.0 Å². The summed E-state index contributed by atoms with van der Waals surface area (Å²) < 4.78 is 44.1. The van der Waals surface area contributed by atoms with Gasteiger partial charge in [0.15, 0.2) is 0 Å². The Kier molecular flexibility index (Phi) is 9.64. The minimum atomic E-state index is -4.37. The molecule has 0 fully saturated rings. The average molecular weight is 486 g/mol. The maximum atomic E-state index is 12.8. The molecule has 0 saturated heterocycles. The zero-order chi connectivity index (χ0) is 26.0. The van der Waals surface area contributed by atoms with Crippen LogP contribution in [0.4, 0.5) is 13.2 Å². The van der Waals surface area contributed by atoms with E-state index in [0.29, 0.717) is 11.3 Å². The number of ether oxygens (including phenoxy) is 1. The lowest BCUT2D eigenvalue weighted by Crippen LogP contribution is -2.13. The molecular formula is C27H26F3NO4. The molecule has 184 valence electrons.